The van der Waals surface area contributed by atoms with Crippen LogP contribution in [0.15, 0.2) is 46.2 Å². The van der Waals surface area contributed by atoms with Crippen molar-refractivity contribution in [3.05, 3.63) is 53.3 Å². The van der Waals surface area contributed by atoms with Gasteiger partial charge in [-0.1, -0.05) is 12.2 Å². The Morgan fingerprint density at radius 3 is 3.00 bits per heavy atom. The molecule has 126 valence electrons. The third-order valence-electron chi connectivity index (χ3n) is 5.77. The number of nitrogens with zero attached hydrogens (tertiary/aromatic N) is 2. The van der Waals surface area contributed by atoms with Crippen LogP contribution >= 0.6 is 0 Å². The summed E-state index contributed by atoms with van der Waals surface area (Å²) in [6.45, 7) is 3.37. The molecule has 5 heteroatoms. The molecular formula is C19H23N3O2. The minimum absolute atomic E-state index is 0.112. The number of hydrogen-bond acceptors (Lipinski definition) is 5. The van der Waals surface area contributed by atoms with Gasteiger partial charge in [0.15, 0.2) is 5.88 Å². The Balaban J connectivity index is 1.46. The molecule has 1 fully saturated rings. The first kappa shape index (κ1) is 14.2. The van der Waals surface area contributed by atoms with Gasteiger partial charge in [0.05, 0.1) is 18.8 Å². The molecule has 0 aliphatic carbocycles. The van der Waals surface area contributed by atoms with Crippen molar-refractivity contribution >= 4 is 5.70 Å². The van der Waals surface area contributed by atoms with Crippen LogP contribution in [-0.2, 0) is 11.3 Å². The highest BCUT2D eigenvalue weighted by atomic mass is 16.5. The second-order valence-corrected chi connectivity index (χ2v) is 7.30. The summed E-state index contributed by atoms with van der Waals surface area (Å²) in [7, 11) is 2.11. The Bertz CT molecular complexity index is 775. The van der Waals surface area contributed by atoms with Gasteiger partial charge in [-0.3, -0.25) is 0 Å². The van der Waals surface area contributed by atoms with Crippen LogP contribution in [0.5, 0.6) is 0 Å². The molecule has 5 aliphatic rings. The van der Waals surface area contributed by atoms with E-state index in [4.69, 9.17) is 14.9 Å². The van der Waals surface area contributed by atoms with Crippen LogP contribution < -0.4 is 5.73 Å². The third kappa shape index (κ3) is 1.91. The molecule has 0 radical (unpaired) electrons. The Hall–Kier alpha value is -2.14. The standard InChI is InChI=1S/C19H23N3O2/c1-21-7-2-3-13-10-19(24-18(13)21)12-22-8-6-14(19)9-16(22)17-5-4-15(11-20)23-17/h2-5,9,14H,6-8,10-12,20H2,1H3. The van der Waals surface area contributed by atoms with E-state index in [0.29, 0.717) is 12.5 Å². The van der Waals surface area contributed by atoms with E-state index in [1.807, 2.05) is 12.1 Å². The minimum atomic E-state index is -0.112. The summed E-state index contributed by atoms with van der Waals surface area (Å²) < 4.78 is 12.5. The number of allylic oxidation sites excluding steroid dienone is 1. The van der Waals surface area contributed by atoms with Crippen molar-refractivity contribution in [2.24, 2.45) is 11.7 Å². The number of ether oxygens (including phenoxy) is 1. The van der Waals surface area contributed by atoms with Gasteiger partial charge in [-0.2, -0.15) is 0 Å². The monoisotopic (exact) mass is 325 g/mol. The maximum Gasteiger partial charge on any atom is 0.193 e. The fourth-order valence-corrected chi connectivity index (χ4v) is 4.55. The number of fused-ring (bicyclic) bond motifs is 1. The normalized spacial score (nSPS) is 30.9. The highest BCUT2D eigenvalue weighted by Crippen LogP contribution is 2.50. The molecular weight excluding hydrogens is 302 g/mol. The molecule has 2 atom stereocenters. The maximum absolute atomic E-state index is 6.57. The Labute approximate surface area is 142 Å². The molecule has 0 aromatic carbocycles. The molecule has 5 nitrogen and oxygen atoms in total. The lowest BCUT2D eigenvalue weighted by Gasteiger charge is -2.50. The number of likely N-dealkylation sites (N-methyl/N-ethyl adjacent to an activating group) is 1. The average molecular weight is 325 g/mol. The zero-order valence-electron chi connectivity index (χ0n) is 14.0. The molecule has 6 rings (SSSR count). The summed E-state index contributed by atoms with van der Waals surface area (Å²) in [6, 6.07) is 4.01. The topological polar surface area (TPSA) is 54.9 Å². The van der Waals surface area contributed by atoms with Crippen molar-refractivity contribution in [3.63, 3.8) is 0 Å². The van der Waals surface area contributed by atoms with Gasteiger partial charge in [0, 0.05) is 38.0 Å². The Morgan fingerprint density at radius 1 is 1.38 bits per heavy atom. The molecule has 6 heterocycles. The first-order chi connectivity index (χ1) is 11.7. The van der Waals surface area contributed by atoms with E-state index in [0.717, 1.165) is 49.9 Å². The van der Waals surface area contributed by atoms with Crippen molar-refractivity contribution in [2.45, 2.75) is 25.0 Å². The van der Waals surface area contributed by atoms with Gasteiger partial charge in [0.25, 0.3) is 0 Å². The highest BCUT2D eigenvalue weighted by molar-refractivity contribution is 5.63. The van der Waals surface area contributed by atoms with E-state index in [1.54, 1.807) is 0 Å². The minimum Gasteiger partial charge on any atom is -0.469 e. The molecule has 1 aromatic heterocycles. The summed E-state index contributed by atoms with van der Waals surface area (Å²) >= 11 is 0. The zero-order valence-corrected chi connectivity index (χ0v) is 14.0. The van der Waals surface area contributed by atoms with Crippen LogP contribution in [0.4, 0.5) is 0 Å². The summed E-state index contributed by atoms with van der Waals surface area (Å²) in [5, 5.41) is 0. The lowest BCUT2D eigenvalue weighted by Crippen LogP contribution is -2.56. The van der Waals surface area contributed by atoms with E-state index in [9.17, 15) is 0 Å². The van der Waals surface area contributed by atoms with Crippen LogP contribution in [0.2, 0.25) is 0 Å². The zero-order chi connectivity index (χ0) is 16.3. The molecule has 24 heavy (non-hydrogen) atoms. The second kappa shape index (κ2) is 4.93. The van der Waals surface area contributed by atoms with Gasteiger partial charge in [0.1, 0.15) is 17.1 Å². The molecule has 2 unspecified atom stereocenters. The van der Waals surface area contributed by atoms with Crippen molar-refractivity contribution < 1.29 is 9.15 Å². The average Bonchev–Trinajstić information content (AvgIpc) is 3.21. The van der Waals surface area contributed by atoms with E-state index >= 15 is 0 Å². The van der Waals surface area contributed by atoms with Gasteiger partial charge >= 0.3 is 0 Å². The van der Waals surface area contributed by atoms with Crippen LogP contribution in [0.1, 0.15) is 24.4 Å². The first-order valence-corrected chi connectivity index (χ1v) is 8.74. The quantitative estimate of drug-likeness (QED) is 0.904. The third-order valence-corrected chi connectivity index (χ3v) is 5.77. The Kier molecular flexibility index (Phi) is 2.92. The molecule has 1 aromatic rings. The summed E-state index contributed by atoms with van der Waals surface area (Å²) in [5.74, 6) is 3.27. The molecule has 2 N–H and O–H groups in total. The van der Waals surface area contributed by atoms with Crippen molar-refractivity contribution in [1.82, 2.24) is 9.80 Å². The molecule has 0 amide bonds. The van der Waals surface area contributed by atoms with Crippen LogP contribution in [0, 0.1) is 5.92 Å². The predicted octanol–water partition coefficient (Wildman–Crippen LogP) is 2.29. The number of piperidine rings is 1. The number of nitrogens with two attached hydrogens (primary N) is 1. The number of rotatable bonds is 2. The van der Waals surface area contributed by atoms with Gasteiger partial charge in [-0.15, -0.1) is 0 Å². The largest absolute Gasteiger partial charge is 0.469 e. The summed E-state index contributed by atoms with van der Waals surface area (Å²) in [4.78, 5) is 4.63. The molecule has 1 saturated heterocycles. The molecule has 5 aliphatic heterocycles. The fourth-order valence-electron chi connectivity index (χ4n) is 4.55. The smallest absolute Gasteiger partial charge is 0.193 e. The molecule has 2 bridgehead atoms. The van der Waals surface area contributed by atoms with E-state index < -0.39 is 0 Å². The van der Waals surface area contributed by atoms with E-state index in [1.165, 1.54) is 11.3 Å². The number of furan rings is 1. The van der Waals surface area contributed by atoms with Crippen molar-refractivity contribution in [2.75, 3.05) is 26.7 Å². The van der Waals surface area contributed by atoms with Crippen LogP contribution in [-0.4, -0.2) is 42.1 Å². The predicted molar refractivity (Wildman–Crippen MR) is 91.5 cm³/mol. The first-order valence-electron chi connectivity index (χ1n) is 8.74. The highest BCUT2D eigenvalue weighted by Gasteiger charge is 2.53. The van der Waals surface area contributed by atoms with E-state index in [2.05, 4.69) is 35.1 Å². The molecule has 0 saturated carbocycles. The number of hydrogen-bond donors (Lipinski definition) is 1. The van der Waals surface area contributed by atoms with Gasteiger partial charge in [-0.25, -0.2) is 0 Å². The fraction of sp³-hybridized carbons (Fsp3) is 0.474. The second-order valence-electron chi connectivity index (χ2n) is 7.30. The Morgan fingerprint density at radius 2 is 2.29 bits per heavy atom. The lowest BCUT2D eigenvalue weighted by atomic mass is 9.74. The summed E-state index contributed by atoms with van der Waals surface area (Å²) in [5.41, 5.74) is 8.11. The lowest BCUT2D eigenvalue weighted by molar-refractivity contribution is -0.0779. The summed E-state index contributed by atoms with van der Waals surface area (Å²) in [6.07, 6.45) is 8.96. The van der Waals surface area contributed by atoms with Gasteiger partial charge in [0.2, 0.25) is 0 Å². The SMILES string of the molecule is CN1CC=CC2=C1OC1(C2)CN2CCC1C=C2c1ccc(CN)o1. The van der Waals surface area contributed by atoms with E-state index in [-0.39, 0.29) is 5.60 Å². The van der Waals surface area contributed by atoms with Crippen LogP contribution in [0.3, 0.4) is 0 Å². The van der Waals surface area contributed by atoms with Crippen LogP contribution in [0.25, 0.3) is 5.70 Å². The molecule has 1 spiro atoms. The van der Waals surface area contributed by atoms with Gasteiger partial charge < -0.3 is 24.7 Å². The van der Waals surface area contributed by atoms with Crippen molar-refractivity contribution in [1.29, 1.82) is 0 Å². The maximum atomic E-state index is 6.57. The van der Waals surface area contributed by atoms with Gasteiger partial charge in [-0.05, 0) is 24.6 Å². The van der Waals surface area contributed by atoms with Crippen molar-refractivity contribution in [3.8, 4) is 0 Å².